The average Bonchev–Trinajstić information content (AvgIpc) is 3.36. The number of carbonyl (C=O) groups excluding carboxylic acids is 2. The van der Waals surface area contributed by atoms with Gasteiger partial charge < -0.3 is 24.7 Å². The lowest BCUT2D eigenvalue weighted by Gasteiger charge is -2.10. The molecule has 1 heterocycles. The van der Waals surface area contributed by atoms with Crippen molar-refractivity contribution in [2.24, 2.45) is 0 Å². The Morgan fingerprint density at radius 3 is 2.24 bits per heavy atom. The minimum absolute atomic E-state index is 0.127. The lowest BCUT2D eigenvalue weighted by atomic mass is 10.1. The van der Waals surface area contributed by atoms with Crippen molar-refractivity contribution in [2.75, 3.05) is 24.9 Å². The van der Waals surface area contributed by atoms with Gasteiger partial charge in [0.05, 0.1) is 27.0 Å². The molecule has 8 nitrogen and oxygen atoms in total. The second kappa shape index (κ2) is 11.3. The van der Waals surface area contributed by atoms with Crippen LogP contribution in [-0.2, 0) is 17.8 Å². The first-order valence-corrected chi connectivity index (χ1v) is 11.2. The molecule has 2 amide bonds. The van der Waals surface area contributed by atoms with Crippen molar-refractivity contribution in [3.63, 3.8) is 0 Å². The van der Waals surface area contributed by atoms with Gasteiger partial charge in [0.1, 0.15) is 5.69 Å². The molecule has 10 heteroatoms. The average molecular weight is 507 g/mol. The van der Waals surface area contributed by atoms with Crippen LogP contribution >= 0.6 is 0 Å². The van der Waals surface area contributed by atoms with Crippen LogP contribution in [0.1, 0.15) is 21.6 Å². The van der Waals surface area contributed by atoms with E-state index in [4.69, 9.17) is 9.47 Å². The fourth-order valence-corrected chi connectivity index (χ4v) is 3.62. The van der Waals surface area contributed by atoms with Crippen molar-refractivity contribution in [3.05, 3.63) is 102 Å². The number of carbonyl (C=O) groups is 2. The van der Waals surface area contributed by atoms with E-state index in [-0.39, 0.29) is 23.7 Å². The van der Waals surface area contributed by atoms with Gasteiger partial charge in [-0.1, -0.05) is 18.2 Å². The minimum Gasteiger partial charge on any atom is -0.493 e. The number of halogens is 2. The van der Waals surface area contributed by atoms with E-state index in [9.17, 15) is 18.4 Å². The number of ether oxygens (including phenoxy) is 2. The molecule has 0 fully saturated rings. The summed E-state index contributed by atoms with van der Waals surface area (Å²) >= 11 is 0. The van der Waals surface area contributed by atoms with Crippen LogP contribution < -0.4 is 20.1 Å². The number of hydrogen-bond donors (Lipinski definition) is 2. The van der Waals surface area contributed by atoms with E-state index in [2.05, 4.69) is 15.6 Å². The highest BCUT2D eigenvalue weighted by Crippen LogP contribution is 2.27. The summed E-state index contributed by atoms with van der Waals surface area (Å²) < 4.78 is 38.6. The summed E-state index contributed by atoms with van der Waals surface area (Å²) in [6, 6.07) is 15.7. The van der Waals surface area contributed by atoms with Crippen molar-refractivity contribution in [1.82, 2.24) is 9.55 Å². The van der Waals surface area contributed by atoms with Crippen LogP contribution in [0.4, 0.5) is 20.2 Å². The molecule has 0 spiro atoms. The maximum absolute atomic E-state index is 13.4. The van der Waals surface area contributed by atoms with Gasteiger partial charge in [0.15, 0.2) is 23.1 Å². The molecule has 2 N–H and O–H groups in total. The van der Waals surface area contributed by atoms with Crippen molar-refractivity contribution >= 4 is 23.2 Å². The van der Waals surface area contributed by atoms with Crippen LogP contribution in [0, 0.1) is 11.6 Å². The number of benzene rings is 3. The lowest BCUT2D eigenvalue weighted by molar-refractivity contribution is -0.115. The van der Waals surface area contributed by atoms with Crippen molar-refractivity contribution < 1.29 is 27.8 Å². The van der Waals surface area contributed by atoms with Crippen molar-refractivity contribution in [3.8, 4) is 11.5 Å². The minimum atomic E-state index is -1.05. The molecular weight excluding hydrogens is 482 g/mol. The molecule has 0 unspecified atom stereocenters. The van der Waals surface area contributed by atoms with E-state index in [0.29, 0.717) is 23.7 Å². The number of nitrogens with zero attached hydrogens (tertiary/aromatic N) is 2. The predicted octanol–water partition coefficient (Wildman–Crippen LogP) is 4.66. The van der Waals surface area contributed by atoms with Gasteiger partial charge in [-0.05, 0) is 47.5 Å². The Morgan fingerprint density at radius 1 is 0.838 bits per heavy atom. The molecule has 0 aliphatic carbocycles. The normalized spacial score (nSPS) is 10.6. The Labute approximate surface area is 211 Å². The molecule has 0 atom stereocenters. The van der Waals surface area contributed by atoms with Crippen molar-refractivity contribution in [2.45, 2.75) is 13.0 Å². The highest BCUT2D eigenvalue weighted by molar-refractivity contribution is 6.02. The van der Waals surface area contributed by atoms with E-state index in [1.54, 1.807) is 49.2 Å². The molecule has 4 rings (SSSR count). The van der Waals surface area contributed by atoms with Crippen LogP contribution in [0.2, 0.25) is 0 Å². The number of aromatic nitrogens is 2. The van der Waals surface area contributed by atoms with E-state index in [1.165, 1.54) is 12.4 Å². The number of imidazole rings is 1. The molecule has 0 aliphatic rings. The van der Waals surface area contributed by atoms with Gasteiger partial charge in [-0.25, -0.2) is 13.8 Å². The van der Waals surface area contributed by atoms with Gasteiger partial charge in [-0.3, -0.25) is 9.59 Å². The summed E-state index contributed by atoms with van der Waals surface area (Å²) in [6.45, 7) is 0.436. The van der Waals surface area contributed by atoms with Crippen LogP contribution in [0.15, 0.2) is 73.2 Å². The Morgan fingerprint density at radius 2 is 1.54 bits per heavy atom. The van der Waals surface area contributed by atoms with E-state index < -0.39 is 17.5 Å². The SMILES string of the molecule is COc1ccc(CC(=O)Nc2ccc(Cn3cnc(C(=O)Nc4ccc(F)c(F)c4)c3)cc2)cc1OC. The monoisotopic (exact) mass is 506 g/mol. The van der Waals surface area contributed by atoms with Gasteiger partial charge in [0.2, 0.25) is 5.91 Å². The molecule has 0 saturated carbocycles. The van der Waals surface area contributed by atoms with Crippen LogP contribution in [0.5, 0.6) is 11.5 Å². The quantitative estimate of drug-likeness (QED) is 0.344. The summed E-state index contributed by atoms with van der Waals surface area (Å²) in [5.41, 5.74) is 2.61. The van der Waals surface area contributed by atoms with Crippen LogP contribution in [-0.4, -0.2) is 35.6 Å². The second-order valence-electron chi connectivity index (χ2n) is 8.13. The predicted molar refractivity (Wildman–Crippen MR) is 134 cm³/mol. The zero-order valence-corrected chi connectivity index (χ0v) is 20.1. The first-order chi connectivity index (χ1) is 17.8. The summed E-state index contributed by atoms with van der Waals surface area (Å²) in [7, 11) is 3.09. The topological polar surface area (TPSA) is 94.5 Å². The Kier molecular flexibility index (Phi) is 7.77. The Balaban J connectivity index is 1.32. The van der Waals surface area contributed by atoms with Gasteiger partial charge in [-0.2, -0.15) is 0 Å². The fraction of sp³-hybridized carbons (Fsp3) is 0.148. The molecule has 0 aliphatic heterocycles. The lowest BCUT2D eigenvalue weighted by Crippen LogP contribution is -2.14. The molecule has 3 aromatic carbocycles. The molecule has 4 aromatic rings. The van der Waals surface area contributed by atoms with E-state index >= 15 is 0 Å². The zero-order chi connectivity index (χ0) is 26.4. The second-order valence-corrected chi connectivity index (χ2v) is 8.13. The third-order valence-corrected chi connectivity index (χ3v) is 5.46. The third kappa shape index (κ3) is 6.49. The molecule has 0 bridgehead atoms. The number of anilines is 2. The van der Waals surface area contributed by atoms with Gasteiger partial charge in [0.25, 0.3) is 5.91 Å². The van der Waals surface area contributed by atoms with Gasteiger partial charge >= 0.3 is 0 Å². The van der Waals surface area contributed by atoms with Gasteiger partial charge in [0, 0.05) is 30.2 Å². The smallest absolute Gasteiger partial charge is 0.275 e. The zero-order valence-electron chi connectivity index (χ0n) is 20.1. The molecule has 190 valence electrons. The van der Waals surface area contributed by atoms with E-state index in [0.717, 1.165) is 23.3 Å². The molecule has 37 heavy (non-hydrogen) atoms. The fourth-order valence-electron chi connectivity index (χ4n) is 3.62. The largest absolute Gasteiger partial charge is 0.493 e. The number of amides is 2. The third-order valence-electron chi connectivity index (χ3n) is 5.46. The van der Waals surface area contributed by atoms with Crippen molar-refractivity contribution in [1.29, 1.82) is 0 Å². The van der Waals surface area contributed by atoms with E-state index in [1.807, 2.05) is 18.2 Å². The molecule has 1 aromatic heterocycles. The van der Waals surface area contributed by atoms with Crippen LogP contribution in [0.3, 0.4) is 0 Å². The van der Waals surface area contributed by atoms with Gasteiger partial charge in [-0.15, -0.1) is 0 Å². The number of methoxy groups -OCH3 is 2. The highest BCUT2D eigenvalue weighted by Gasteiger charge is 2.12. The number of hydrogen-bond acceptors (Lipinski definition) is 5. The maximum atomic E-state index is 13.4. The maximum Gasteiger partial charge on any atom is 0.275 e. The number of rotatable bonds is 9. The summed E-state index contributed by atoms with van der Waals surface area (Å²) in [5.74, 6) is -1.61. The number of nitrogens with one attached hydrogen (secondary N) is 2. The summed E-state index contributed by atoms with van der Waals surface area (Å²) in [5, 5.41) is 5.35. The standard InChI is InChI=1S/C27H24F2N4O4/c1-36-24-10-5-18(11-25(24)37-2)12-26(34)31-19-6-3-17(4-7-19)14-33-15-23(30-16-33)27(35)32-20-8-9-21(28)22(29)13-20/h3-11,13,15-16H,12,14H2,1-2H3,(H,31,34)(H,32,35). The molecule has 0 radical (unpaired) electrons. The summed E-state index contributed by atoms with van der Waals surface area (Å²) in [6.07, 6.45) is 3.22. The molecule has 0 saturated heterocycles. The Hall–Kier alpha value is -4.73. The molecular formula is C27H24F2N4O4. The Bertz CT molecular complexity index is 1420. The first kappa shape index (κ1) is 25.4. The highest BCUT2D eigenvalue weighted by atomic mass is 19.2. The van der Waals surface area contributed by atoms with Crippen LogP contribution in [0.25, 0.3) is 0 Å². The summed E-state index contributed by atoms with van der Waals surface area (Å²) in [4.78, 5) is 28.9. The first-order valence-electron chi connectivity index (χ1n) is 11.2.